The Bertz CT molecular complexity index is 1320. The average molecular weight is 635 g/mol. The van der Waals surface area contributed by atoms with Gasteiger partial charge in [-0.25, -0.2) is 14.8 Å². The van der Waals surface area contributed by atoms with Crippen LogP contribution in [0.5, 0.6) is 0 Å². The van der Waals surface area contributed by atoms with Crippen LogP contribution in [0.3, 0.4) is 0 Å². The number of aliphatic imine (C=N–C) groups is 1. The van der Waals surface area contributed by atoms with Gasteiger partial charge in [0.25, 0.3) is 0 Å². The monoisotopic (exact) mass is 634 g/mol. The minimum absolute atomic E-state index is 0.0495. The molecule has 0 radical (unpaired) electrons. The number of anilines is 2. The average Bonchev–Trinajstić information content (AvgIpc) is 3.17. The van der Waals surface area contributed by atoms with E-state index in [0.717, 1.165) is 44.5 Å². The van der Waals surface area contributed by atoms with Crippen LogP contribution in [-0.4, -0.2) is 73.3 Å². The zero-order valence-electron chi connectivity index (χ0n) is 27.0. The van der Waals surface area contributed by atoms with Crippen molar-refractivity contribution < 1.29 is 32.2 Å². The van der Waals surface area contributed by atoms with Crippen molar-refractivity contribution in [3.8, 4) is 0 Å². The van der Waals surface area contributed by atoms with E-state index in [-0.39, 0.29) is 36.6 Å². The van der Waals surface area contributed by atoms with Crippen molar-refractivity contribution in [2.45, 2.75) is 78.9 Å². The highest BCUT2D eigenvalue weighted by Gasteiger charge is 2.33. The molecule has 0 aromatic carbocycles. The molecule has 2 aliphatic rings. The van der Waals surface area contributed by atoms with Gasteiger partial charge >= 0.3 is 12.2 Å². The van der Waals surface area contributed by atoms with Gasteiger partial charge in [0.15, 0.2) is 17.4 Å². The molecule has 3 rings (SSSR count). The van der Waals surface area contributed by atoms with E-state index in [2.05, 4.69) is 44.0 Å². The second-order valence-corrected chi connectivity index (χ2v) is 11.5. The Labute approximate surface area is 263 Å². The molecule has 1 aromatic heterocycles. The summed E-state index contributed by atoms with van der Waals surface area (Å²) in [6.45, 7) is 16.4. The van der Waals surface area contributed by atoms with Crippen LogP contribution in [-0.2, 0) is 14.2 Å². The van der Waals surface area contributed by atoms with E-state index in [1.54, 1.807) is 26.8 Å². The smallest absolute Gasteiger partial charge is 0.416 e. The lowest BCUT2D eigenvalue weighted by atomic mass is 10.1. The second-order valence-electron chi connectivity index (χ2n) is 11.5. The summed E-state index contributed by atoms with van der Waals surface area (Å²) in [4.78, 5) is 28.5. The number of urea groups is 1. The molecular formula is C32H45F3N6O4. The van der Waals surface area contributed by atoms with E-state index in [0.29, 0.717) is 29.7 Å². The molecule has 2 fully saturated rings. The summed E-state index contributed by atoms with van der Waals surface area (Å²) in [5, 5.41) is 5.46. The molecule has 2 saturated heterocycles. The number of halogens is 3. The maximum Gasteiger partial charge on any atom is 0.416 e. The Morgan fingerprint density at radius 2 is 2.00 bits per heavy atom. The number of allylic oxidation sites excluding steroid dienone is 7. The van der Waals surface area contributed by atoms with Gasteiger partial charge in [-0.05, 0) is 65.5 Å². The van der Waals surface area contributed by atoms with Crippen LogP contribution in [0.25, 0.3) is 5.57 Å². The van der Waals surface area contributed by atoms with Crippen LogP contribution in [0, 0.1) is 12.8 Å². The van der Waals surface area contributed by atoms with Gasteiger partial charge in [0.1, 0.15) is 30.8 Å². The van der Waals surface area contributed by atoms with Gasteiger partial charge in [0, 0.05) is 18.7 Å². The molecule has 0 saturated carbocycles. The molecule has 2 aliphatic heterocycles. The van der Waals surface area contributed by atoms with Crippen LogP contribution in [0.2, 0.25) is 0 Å². The molecule has 1 aromatic rings. The number of nitrogens with zero attached hydrogens (tertiary/aromatic N) is 4. The molecule has 10 nitrogen and oxygen atoms in total. The van der Waals surface area contributed by atoms with Crippen LogP contribution >= 0.6 is 0 Å². The number of hydrogen-bond donors (Lipinski definition) is 2. The van der Waals surface area contributed by atoms with Gasteiger partial charge in [-0.1, -0.05) is 32.1 Å². The van der Waals surface area contributed by atoms with Gasteiger partial charge in [-0.2, -0.15) is 13.2 Å². The number of carbonyl (C=O) groups excluding carboxylic acids is 1. The lowest BCUT2D eigenvalue weighted by molar-refractivity contribution is -0.143. The molecule has 0 spiro atoms. The van der Waals surface area contributed by atoms with E-state index in [1.807, 2.05) is 13.8 Å². The van der Waals surface area contributed by atoms with Gasteiger partial charge in [0.05, 0.1) is 24.1 Å². The molecule has 2 N–H and O–H groups in total. The fraction of sp³-hybridized carbons (Fsp3) is 0.562. The number of hydrogen-bond acceptors (Lipinski definition) is 8. The van der Waals surface area contributed by atoms with E-state index in [1.165, 1.54) is 12.3 Å². The Morgan fingerprint density at radius 3 is 2.62 bits per heavy atom. The van der Waals surface area contributed by atoms with Crippen LogP contribution in [0.15, 0.2) is 47.2 Å². The van der Waals surface area contributed by atoms with Crippen molar-refractivity contribution in [2.24, 2.45) is 10.9 Å². The predicted octanol–water partition coefficient (Wildman–Crippen LogP) is 6.71. The molecule has 0 aliphatic carbocycles. The summed E-state index contributed by atoms with van der Waals surface area (Å²) >= 11 is 0. The lowest BCUT2D eigenvalue weighted by Gasteiger charge is -2.28. The Balaban J connectivity index is 1.78. The number of carbonyl (C=O) groups is 1. The number of nitrogens with one attached hydrogen (secondary N) is 2. The molecule has 2 amide bonds. The van der Waals surface area contributed by atoms with Crippen LogP contribution < -0.4 is 15.5 Å². The first-order valence-electron chi connectivity index (χ1n) is 15.1. The molecule has 0 bridgehead atoms. The number of rotatable bonds is 11. The largest absolute Gasteiger partial charge is 0.490 e. The van der Waals surface area contributed by atoms with Crippen molar-refractivity contribution in [3.05, 3.63) is 53.7 Å². The zero-order valence-corrected chi connectivity index (χ0v) is 27.0. The van der Waals surface area contributed by atoms with Gasteiger partial charge in [0.2, 0.25) is 0 Å². The summed E-state index contributed by atoms with van der Waals surface area (Å²) in [5.41, 5.74) is 0.393. The predicted molar refractivity (Wildman–Crippen MR) is 170 cm³/mol. The first-order chi connectivity index (χ1) is 21.3. The van der Waals surface area contributed by atoms with Crippen LogP contribution in [0.4, 0.5) is 29.5 Å². The minimum Gasteiger partial charge on any atom is -0.490 e. The summed E-state index contributed by atoms with van der Waals surface area (Å²) in [6, 6.07) is -0.582. The second kappa shape index (κ2) is 16.0. The maximum atomic E-state index is 13.5. The fourth-order valence-corrected chi connectivity index (χ4v) is 5.05. The molecule has 13 heteroatoms. The molecular weight excluding hydrogens is 589 g/mol. The van der Waals surface area contributed by atoms with Gasteiger partial charge < -0.3 is 24.4 Å². The van der Waals surface area contributed by atoms with E-state index in [9.17, 15) is 18.0 Å². The third-order valence-electron chi connectivity index (χ3n) is 7.28. The third kappa shape index (κ3) is 10.7. The highest BCUT2D eigenvalue weighted by Crippen LogP contribution is 2.34. The van der Waals surface area contributed by atoms with Crippen molar-refractivity contribution in [1.29, 1.82) is 0 Å². The SMILES string of the molecule is C=C/C(=C\C(=C/C)c1nc(C)c(N2CCCCC(C)C2)c(NC(=O)NCN=C/C(=C\C)OC[C@H]2COC(C)(C)O2)n1)C(F)(F)F. The molecule has 248 valence electrons. The number of aromatic nitrogens is 2. The van der Waals surface area contributed by atoms with Crippen molar-refractivity contribution >= 4 is 29.3 Å². The lowest BCUT2D eigenvalue weighted by Crippen LogP contribution is -2.33. The maximum absolute atomic E-state index is 13.5. The first-order valence-corrected chi connectivity index (χ1v) is 15.1. The highest BCUT2D eigenvalue weighted by molar-refractivity contribution is 5.92. The van der Waals surface area contributed by atoms with E-state index >= 15 is 0 Å². The minimum atomic E-state index is -4.60. The Morgan fingerprint density at radius 1 is 1.24 bits per heavy atom. The summed E-state index contributed by atoms with van der Waals surface area (Å²) in [6.07, 6.45) is 4.73. The Kier molecular flexibility index (Phi) is 12.7. The third-order valence-corrected chi connectivity index (χ3v) is 7.28. The first kappa shape index (κ1) is 35.8. The van der Waals surface area contributed by atoms with Crippen LogP contribution in [0.1, 0.15) is 65.4 Å². The van der Waals surface area contributed by atoms with Crippen molar-refractivity contribution in [1.82, 2.24) is 15.3 Å². The fourth-order valence-electron chi connectivity index (χ4n) is 5.05. The van der Waals surface area contributed by atoms with Gasteiger partial charge in [-0.3, -0.25) is 10.3 Å². The molecule has 45 heavy (non-hydrogen) atoms. The molecule has 3 heterocycles. The summed E-state index contributed by atoms with van der Waals surface area (Å²) in [5.74, 6) is 0.511. The van der Waals surface area contributed by atoms with E-state index < -0.39 is 23.6 Å². The number of aryl methyl sites for hydroxylation is 1. The van der Waals surface area contributed by atoms with Crippen molar-refractivity contribution in [3.63, 3.8) is 0 Å². The summed E-state index contributed by atoms with van der Waals surface area (Å²) < 4.78 is 57.5. The topological polar surface area (TPSA) is 110 Å². The molecule has 1 unspecified atom stereocenters. The Hall–Kier alpha value is -3.71. The van der Waals surface area contributed by atoms with E-state index in [4.69, 9.17) is 14.2 Å². The number of amides is 2. The molecule has 2 atom stereocenters. The zero-order chi connectivity index (χ0) is 33.2. The normalized spacial score (nSPS) is 21.5. The van der Waals surface area contributed by atoms with Crippen molar-refractivity contribution in [2.75, 3.05) is 43.2 Å². The number of alkyl halides is 3. The number of ether oxygens (including phenoxy) is 3. The standard InChI is InChI=1S/C32H45F3N6O4/c1-8-23(15-24(9-2)32(33,34)35)28-38-22(5)27(41-14-12-11-13-21(4)17-41)29(39-28)40-30(42)37-20-36-16-25(10-3)43-18-26-19-44-31(6,7)45-26/h8-10,15-16,21,26H,2,11-14,17-20H2,1,3-7H3,(H2,37,38,39,40,42)/b23-8+,24-15+,25-10+,36-16?/t21?,26-/m0/s1. The highest BCUT2D eigenvalue weighted by atomic mass is 19.4. The summed E-state index contributed by atoms with van der Waals surface area (Å²) in [7, 11) is 0. The quantitative estimate of drug-likeness (QED) is 0.158. The van der Waals surface area contributed by atoms with Gasteiger partial charge in [-0.15, -0.1) is 0 Å².